The Balaban J connectivity index is 1.98. The normalized spacial score (nSPS) is 14.7. The highest BCUT2D eigenvalue weighted by Gasteiger charge is 2.23. The minimum absolute atomic E-state index is 0.124. The van der Waals surface area contributed by atoms with E-state index in [0.29, 0.717) is 5.56 Å². The highest BCUT2D eigenvalue weighted by atomic mass is 79.9. The molecule has 0 bridgehead atoms. The van der Waals surface area contributed by atoms with E-state index in [1.807, 2.05) is 12.1 Å². The number of aromatic nitrogens is 2. The first-order valence-electron chi connectivity index (χ1n) is 6.77. The molecule has 0 saturated carbocycles. The van der Waals surface area contributed by atoms with Crippen LogP contribution in [0.4, 0.5) is 0 Å². The van der Waals surface area contributed by atoms with E-state index in [1.54, 1.807) is 12.1 Å². The van der Waals surface area contributed by atoms with Gasteiger partial charge in [0, 0.05) is 10.0 Å². The van der Waals surface area contributed by atoms with Gasteiger partial charge in [-0.3, -0.25) is 4.79 Å². The summed E-state index contributed by atoms with van der Waals surface area (Å²) in [5, 5.41) is 10.2. The minimum Gasteiger partial charge on any atom is -0.426 e. The van der Waals surface area contributed by atoms with Gasteiger partial charge in [0.15, 0.2) is 0 Å². The molecule has 2 aromatic rings. The number of nitrogens with zero attached hydrogens (tertiary/aromatic N) is 2. The Hall–Kier alpha value is -1.62. The Bertz CT molecular complexity index is 647. The molecule has 1 aliphatic rings. The lowest BCUT2D eigenvalue weighted by atomic mass is 10.1. The van der Waals surface area contributed by atoms with Crippen molar-refractivity contribution in [3.05, 3.63) is 51.5 Å². The fourth-order valence-corrected chi connectivity index (χ4v) is 2.84. The zero-order chi connectivity index (χ0) is 14.1. The summed E-state index contributed by atoms with van der Waals surface area (Å²) < 4.78 is 1.91. The van der Waals surface area contributed by atoms with Gasteiger partial charge in [0.2, 0.25) is 11.6 Å². The molecule has 0 spiro atoms. The SMILES string of the molecule is O=C(c1ccc(Br)cc1)c1nc2c(n1O)CCCCC2. The second kappa shape index (κ2) is 5.40. The van der Waals surface area contributed by atoms with Crippen molar-refractivity contribution in [2.24, 2.45) is 0 Å². The van der Waals surface area contributed by atoms with Gasteiger partial charge in [0.1, 0.15) is 0 Å². The van der Waals surface area contributed by atoms with Gasteiger partial charge in [-0.05, 0) is 49.9 Å². The van der Waals surface area contributed by atoms with Gasteiger partial charge < -0.3 is 5.21 Å². The summed E-state index contributed by atoms with van der Waals surface area (Å²) in [6, 6.07) is 7.07. The van der Waals surface area contributed by atoms with Crippen LogP contribution in [0.25, 0.3) is 0 Å². The van der Waals surface area contributed by atoms with E-state index in [1.165, 1.54) is 0 Å². The van der Waals surface area contributed by atoms with E-state index in [0.717, 1.165) is 52.7 Å². The predicted octanol–water partition coefficient (Wildman–Crippen LogP) is 3.38. The van der Waals surface area contributed by atoms with E-state index in [2.05, 4.69) is 20.9 Å². The van der Waals surface area contributed by atoms with Crippen LogP contribution < -0.4 is 0 Å². The standard InChI is InChI=1S/C15H15BrN2O2/c16-11-8-6-10(7-9-11)14(19)15-17-12-4-2-1-3-5-13(12)18(15)20/h6-9,20H,1-5H2. The van der Waals surface area contributed by atoms with Crippen LogP contribution in [-0.4, -0.2) is 20.7 Å². The molecule has 0 amide bonds. The van der Waals surface area contributed by atoms with Crippen molar-refractivity contribution in [2.75, 3.05) is 0 Å². The van der Waals surface area contributed by atoms with Crippen LogP contribution in [0.15, 0.2) is 28.7 Å². The van der Waals surface area contributed by atoms with Crippen LogP contribution in [0.5, 0.6) is 0 Å². The second-order valence-electron chi connectivity index (χ2n) is 5.04. The van der Waals surface area contributed by atoms with Crippen LogP contribution in [0.2, 0.25) is 0 Å². The van der Waals surface area contributed by atoms with Gasteiger partial charge in [-0.1, -0.05) is 22.4 Å². The first-order chi connectivity index (χ1) is 9.66. The first kappa shape index (κ1) is 13.4. The third kappa shape index (κ3) is 2.38. The van der Waals surface area contributed by atoms with E-state index in [-0.39, 0.29) is 11.6 Å². The summed E-state index contributed by atoms with van der Waals surface area (Å²) in [4.78, 5) is 16.8. The maximum absolute atomic E-state index is 12.4. The Morgan fingerprint density at radius 2 is 1.85 bits per heavy atom. The second-order valence-corrected chi connectivity index (χ2v) is 5.95. The van der Waals surface area contributed by atoms with Crippen molar-refractivity contribution < 1.29 is 10.0 Å². The van der Waals surface area contributed by atoms with Crippen LogP contribution in [-0.2, 0) is 12.8 Å². The summed E-state index contributed by atoms with van der Waals surface area (Å²) in [7, 11) is 0. The summed E-state index contributed by atoms with van der Waals surface area (Å²) in [5.74, 6) is -0.118. The van der Waals surface area contributed by atoms with Crippen molar-refractivity contribution in [1.82, 2.24) is 9.71 Å². The van der Waals surface area contributed by atoms with Crippen molar-refractivity contribution in [3.8, 4) is 0 Å². The van der Waals surface area contributed by atoms with Crippen molar-refractivity contribution in [2.45, 2.75) is 32.1 Å². The van der Waals surface area contributed by atoms with Crippen molar-refractivity contribution in [3.63, 3.8) is 0 Å². The van der Waals surface area contributed by atoms with Crippen LogP contribution in [0.1, 0.15) is 46.8 Å². The largest absolute Gasteiger partial charge is 0.426 e. The molecule has 1 N–H and O–H groups in total. The molecule has 3 rings (SSSR count). The number of rotatable bonds is 2. The smallest absolute Gasteiger partial charge is 0.231 e. The fourth-order valence-electron chi connectivity index (χ4n) is 2.58. The number of carbonyl (C=O) groups is 1. The number of benzene rings is 1. The monoisotopic (exact) mass is 334 g/mol. The zero-order valence-electron chi connectivity index (χ0n) is 11.0. The lowest BCUT2D eigenvalue weighted by molar-refractivity contribution is 0.0970. The van der Waals surface area contributed by atoms with Crippen molar-refractivity contribution >= 4 is 21.7 Å². The number of hydrogen-bond donors (Lipinski definition) is 1. The summed E-state index contributed by atoms with van der Waals surface area (Å²) in [6.07, 6.45) is 4.86. The fraction of sp³-hybridized carbons (Fsp3) is 0.333. The maximum atomic E-state index is 12.4. The molecular formula is C15H15BrN2O2. The topological polar surface area (TPSA) is 55.1 Å². The van der Waals surface area contributed by atoms with Crippen LogP contribution in [0, 0.1) is 0 Å². The number of imidazole rings is 1. The van der Waals surface area contributed by atoms with E-state index >= 15 is 0 Å². The van der Waals surface area contributed by atoms with Crippen LogP contribution >= 0.6 is 15.9 Å². The number of halogens is 1. The third-order valence-electron chi connectivity index (χ3n) is 3.67. The van der Waals surface area contributed by atoms with Crippen molar-refractivity contribution in [1.29, 1.82) is 0 Å². The lowest BCUT2D eigenvalue weighted by Gasteiger charge is -2.03. The lowest BCUT2D eigenvalue weighted by Crippen LogP contribution is -2.11. The highest BCUT2D eigenvalue weighted by Crippen LogP contribution is 2.22. The van der Waals surface area contributed by atoms with E-state index < -0.39 is 0 Å². The average molecular weight is 335 g/mol. The number of ketones is 1. The number of carbonyl (C=O) groups excluding carboxylic acids is 1. The molecule has 1 aromatic carbocycles. The molecule has 0 saturated heterocycles. The van der Waals surface area contributed by atoms with Gasteiger partial charge in [-0.2, -0.15) is 4.73 Å². The number of fused-ring (bicyclic) bond motifs is 1. The molecule has 4 nitrogen and oxygen atoms in total. The average Bonchev–Trinajstić information content (AvgIpc) is 2.64. The molecule has 0 radical (unpaired) electrons. The Kier molecular flexibility index (Phi) is 3.61. The Morgan fingerprint density at radius 3 is 2.60 bits per heavy atom. The predicted molar refractivity (Wildman–Crippen MR) is 78.2 cm³/mol. The van der Waals surface area contributed by atoms with Gasteiger partial charge in [-0.15, -0.1) is 0 Å². The molecule has 1 aromatic heterocycles. The molecule has 0 unspecified atom stereocenters. The summed E-state index contributed by atoms with van der Waals surface area (Å²) in [5.41, 5.74) is 2.19. The maximum Gasteiger partial charge on any atom is 0.231 e. The molecule has 104 valence electrons. The molecular weight excluding hydrogens is 320 g/mol. The van der Waals surface area contributed by atoms with E-state index in [9.17, 15) is 10.0 Å². The summed E-state index contributed by atoms with van der Waals surface area (Å²) in [6.45, 7) is 0. The molecule has 20 heavy (non-hydrogen) atoms. The molecule has 5 heteroatoms. The quantitative estimate of drug-likeness (QED) is 0.520. The highest BCUT2D eigenvalue weighted by molar-refractivity contribution is 9.10. The Labute approximate surface area is 125 Å². The Morgan fingerprint density at radius 1 is 1.15 bits per heavy atom. The number of aryl methyl sites for hydroxylation is 1. The first-order valence-corrected chi connectivity index (χ1v) is 7.56. The van der Waals surface area contributed by atoms with Gasteiger partial charge in [-0.25, -0.2) is 4.98 Å². The van der Waals surface area contributed by atoms with Gasteiger partial charge in [0.25, 0.3) is 0 Å². The zero-order valence-corrected chi connectivity index (χ0v) is 12.6. The van der Waals surface area contributed by atoms with Gasteiger partial charge in [0.05, 0.1) is 11.4 Å². The molecule has 1 heterocycles. The number of hydrogen-bond acceptors (Lipinski definition) is 3. The minimum atomic E-state index is -0.243. The van der Waals surface area contributed by atoms with E-state index in [4.69, 9.17) is 0 Å². The summed E-state index contributed by atoms with van der Waals surface area (Å²) >= 11 is 3.34. The molecule has 0 atom stereocenters. The third-order valence-corrected chi connectivity index (χ3v) is 4.20. The molecule has 1 aliphatic carbocycles. The molecule has 0 fully saturated rings. The molecule has 0 aliphatic heterocycles. The van der Waals surface area contributed by atoms with Crippen LogP contribution in [0.3, 0.4) is 0 Å². The van der Waals surface area contributed by atoms with Gasteiger partial charge >= 0.3 is 0 Å².